The molecule has 1 aliphatic rings. The highest BCUT2D eigenvalue weighted by atomic mass is 14.4. The summed E-state index contributed by atoms with van der Waals surface area (Å²) in [5, 5.41) is 0. The summed E-state index contributed by atoms with van der Waals surface area (Å²) in [5.41, 5.74) is 0.701. The molecule has 1 fully saturated rings. The van der Waals surface area contributed by atoms with E-state index in [1.165, 1.54) is 38.5 Å². The van der Waals surface area contributed by atoms with Crippen LogP contribution in [0.25, 0.3) is 0 Å². The van der Waals surface area contributed by atoms with E-state index in [0.717, 1.165) is 5.92 Å². The quantitative estimate of drug-likeness (QED) is 0.556. The van der Waals surface area contributed by atoms with Crippen LogP contribution in [0, 0.1) is 17.3 Å². The topological polar surface area (TPSA) is 0 Å². The van der Waals surface area contributed by atoms with E-state index >= 15 is 0 Å². The number of hydrogen-bond acceptors (Lipinski definition) is 0. The molecule has 0 aromatic rings. The molecule has 0 unspecified atom stereocenters. The Labute approximate surface area is 84.1 Å². The molecule has 1 aliphatic carbocycles. The lowest BCUT2D eigenvalue weighted by molar-refractivity contribution is 0.222. The Morgan fingerprint density at radius 1 is 1.15 bits per heavy atom. The zero-order chi connectivity index (χ0) is 9.90. The molecule has 76 valence electrons. The van der Waals surface area contributed by atoms with Crippen molar-refractivity contribution in [1.82, 2.24) is 0 Å². The van der Waals surface area contributed by atoms with Crippen LogP contribution in [0.2, 0.25) is 0 Å². The summed E-state index contributed by atoms with van der Waals surface area (Å²) in [6.07, 6.45) is 8.73. The van der Waals surface area contributed by atoms with Gasteiger partial charge in [0.2, 0.25) is 0 Å². The monoisotopic (exact) mass is 181 g/mol. The number of hydrogen-bond donors (Lipinski definition) is 0. The first-order chi connectivity index (χ1) is 6.04. The Bertz CT molecular complexity index is 126. The minimum Gasteiger partial charge on any atom is -0.0628 e. The van der Waals surface area contributed by atoms with Gasteiger partial charge in [0, 0.05) is 5.41 Å². The minimum absolute atomic E-state index is 0.701. The molecule has 0 heterocycles. The standard InChI is InChI=1S/C13H25/c1-11(2)9-13(10-12(3)4)7-5-6-8-13/h11H,5-10H2,1-4H3/q+1. The van der Waals surface area contributed by atoms with Crippen LogP contribution in [0.5, 0.6) is 0 Å². The highest BCUT2D eigenvalue weighted by molar-refractivity contribution is 4.94. The smallest absolute Gasteiger partial charge is 0.0628 e. The van der Waals surface area contributed by atoms with Crippen molar-refractivity contribution in [2.45, 2.75) is 66.2 Å². The lowest BCUT2D eigenvalue weighted by Crippen LogP contribution is -2.20. The second-order valence-corrected chi connectivity index (χ2v) is 5.69. The van der Waals surface area contributed by atoms with E-state index in [-0.39, 0.29) is 0 Å². The maximum absolute atomic E-state index is 2.37. The van der Waals surface area contributed by atoms with E-state index in [1.54, 1.807) is 5.92 Å². The Morgan fingerprint density at radius 3 is 2.08 bits per heavy atom. The summed E-state index contributed by atoms with van der Waals surface area (Å²) in [6, 6.07) is 0. The lowest BCUT2D eigenvalue weighted by Gasteiger charge is -2.28. The van der Waals surface area contributed by atoms with E-state index in [0.29, 0.717) is 5.41 Å². The summed E-state index contributed by atoms with van der Waals surface area (Å²) in [4.78, 5) is 0. The first kappa shape index (κ1) is 10.9. The summed E-state index contributed by atoms with van der Waals surface area (Å²) in [5.74, 6) is 2.50. The van der Waals surface area contributed by atoms with E-state index in [2.05, 4.69) is 27.7 Å². The fourth-order valence-electron chi connectivity index (χ4n) is 3.19. The van der Waals surface area contributed by atoms with Crippen LogP contribution in [0.3, 0.4) is 0 Å². The molecule has 0 saturated heterocycles. The molecule has 0 atom stereocenters. The molecular formula is C13H25+. The first-order valence-corrected chi connectivity index (χ1v) is 5.83. The molecule has 0 spiro atoms. The van der Waals surface area contributed by atoms with Crippen LogP contribution < -0.4 is 0 Å². The Morgan fingerprint density at radius 2 is 1.69 bits per heavy atom. The largest absolute Gasteiger partial charge is 0.0950 e. The molecule has 0 nitrogen and oxygen atoms in total. The average Bonchev–Trinajstić information content (AvgIpc) is 2.33. The minimum atomic E-state index is 0.701. The van der Waals surface area contributed by atoms with Crippen LogP contribution in [-0.4, -0.2) is 0 Å². The summed E-state index contributed by atoms with van der Waals surface area (Å²) in [7, 11) is 0. The van der Waals surface area contributed by atoms with Gasteiger partial charge in [-0.2, -0.15) is 0 Å². The van der Waals surface area contributed by atoms with Gasteiger partial charge < -0.3 is 0 Å². The third-order valence-corrected chi connectivity index (χ3v) is 3.23. The van der Waals surface area contributed by atoms with Crippen LogP contribution in [0.4, 0.5) is 0 Å². The molecule has 0 heteroatoms. The van der Waals surface area contributed by atoms with Gasteiger partial charge in [0.05, 0.1) is 26.2 Å². The first-order valence-electron chi connectivity index (χ1n) is 5.83. The van der Waals surface area contributed by atoms with Crippen LogP contribution >= 0.6 is 0 Å². The lowest BCUT2D eigenvalue weighted by atomic mass is 9.73. The summed E-state index contributed by atoms with van der Waals surface area (Å²) >= 11 is 0. The molecule has 0 amide bonds. The van der Waals surface area contributed by atoms with E-state index < -0.39 is 0 Å². The van der Waals surface area contributed by atoms with Crippen molar-refractivity contribution in [3.8, 4) is 0 Å². The van der Waals surface area contributed by atoms with Gasteiger partial charge in [-0.1, -0.05) is 26.7 Å². The van der Waals surface area contributed by atoms with Gasteiger partial charge >= 0.3 is 0 Å². The molecule has 0 aromatic carbocycles. The summed E-state index contributed by atoms with van der Waals surface area (Å²) < 4.78 is 0. The van der Waals surface area contributed by atoms with Crippen molar-refractivity contribution < 1.29 is 0 Å². The fraction of sp³-hybridized carbons (Fsp3) is 0.923. The molecule has 0 N–H and O–H groups in total. The van der Waals surface area contributed by atoms with Crippen LogP contribution in [0.1, 0.15) is 66.2 Å². The van der Waals surface area contributed by atoms with Crippen molar-refractivity contribution in [1.29, 1.82) is 0 Å². The van der Waals surface area contributed by atoms with Gasteiger partial charge in [-0.05, 0) is 25.2 Å². The zero-order valence-corrected chi connectivity index (χ0v) is 9.82. The van der Waals surface area contributed by atoms with E-state index in [1.807, 2.05) is 0 Å². The average molecular weight is 181 g/mol. The van der Waals surface area contributed by atoms with Gasteiger partial charge in [-0.25, -0.2) is 0 Å². The number of rotatable bonds is 4. The molecule has 13 heavy (non-hydrogen) atoms. The van der Waals surface area contributed by atoms with Crippen molar-refractivity contribution >= 4 is 0 Å². The third kappa shape index (κ3) is 3.25. The van der Waals surface area contributed by atoms with Gasteiger partial charge in [-0.3, -0.25) is 0 Å². The van der Waals surface area contributed by atoms with Gasteiger partial charge in [0.25, 0.3) is 0 Å². The molecule has 0 aliphatic heterocycles. The molecule has 0 bridgehead atoms. The molecule has 0 radical (unpaired) electrons. The second kappa shape index (κ2) is 4.39. The second-order valence-electron chi connectivity index (χ2n) is 5.69. The maximum Gasteiger partial charge on any atom is 0.0950 e. The molecule has 1 rings (SSSR count). The zero-order valence-electron chi connectivity index (χ0n) is 9.82. The Hall–Kier alpha value is -0.130. The summed E-state index contributed by atoms with van der Waals surface area (Å²) in [6.45, 7) is 9.32. The van der Waals surface area contributed by atoms with Gasteiger partial charge in [0.15, 0.2) is 0 Å². The van der Waals surface area contributed by atoms with Gasteiger partial charge in [0.1, 0.15) is 0 Å². The molecule has 0 aromatic heterocycles. The van der Waals surface area contributed by atoms with E-state index in [4.69, 9.17) is 0 Å². The third-order valence-electron chi connectivity index (χ3n) is 3.23. The van der Waals surface area contributed by atoms with Crippen molar-refractivity contribution in [2.75, 3.05) is 0 Å². The van der Waals surface area contributed by atoms with Crippen molar-refractivity contribution in [3.63, 3.8) is 0 Å². The van der Waals surface area contributed by atoms with Crippen LogP contribution in [0.15, 0.2) is 0 Å². The predicted molar refractivity (Wildman–Crippen MR) is 59.6 cm³/mol. The van der Waals surface area contributed by atoms with Crippen molar-refractivity contribution in [2.24, 2.45) is 11.3 Å². The molecular weight excluding hydrogens is 156 g/mol. The van der Waals surface area contributed by atoms with Crippen molar-refractivity contribution in [3.05, 3.63) is 5.92 Å². The maximum atomic E-state index is 2.37. The Balaban J connectivity index is 2.52. The predicted octanol–water partition coefficient (Wildman–Crippen LogP) is 4.60. The SMILES string of the molecule is C[C+](C)CC1(CC(C)C)CCCC1. The van der Waals surface area contributed by atoms with Crippen LogP contribution in [-0.2, 0) is 0 Å². The van der Waals surface area contributed by atoms with Gasteiger partial charge in [-0.15, -0.1) is 0 Å². The highest BCUT2D eigenvalue weighted by Gasteiger charge is 2.38. The fourth-order valence-corrected chi connectivity index (χ4v) is 3.19. The Kier molecular flexibility index (Phi) is 3.70. The normalized spacial score (nSPS) is 21.0. The highest BCUT2D eigenvalue weighted by Crippen LogP contribution is 2.47. The van der Waals surface area contributed by atoms with E-state index in [9.17, 15) is 0 Å². The molecule has 1 saturated carbocycles.